The quantitative estimate of drug-likeness (QED) is 0.285. The van der Waals surface area contributed by atoms with E-state index in [9.17, 15) is 19.2 Å². The molecule has 0 aromatic rings. The Bertz CT molecular complexity index is 615. The normalized spacial score (nSPS) is 23.4. The molecule has 9 nitrogen and oxygen atoms in total. The standard InChI is InChI=1S/C18H30N4O5S2/c1-29-9-6-11(15(23)21-13(10-28)18(26)27)20-16(24)14-5-3-8-22(14)17(25)12-4-2-7-19-12/h11-14,19,28H,2-10H2,1H3,(H,20,24)(H,21,23)(H,26,27). The maximum atomic E-state index is 12.9. The number of carbonyl (C=O) groups is 4. The average Bonchev–Trinajstić information content (AvgIpc) is 3.40. The van der Waals surface area contributed by atoms with Crippen LogP contribution in [0.4, 0.5) is 0 Å². The molecule has 0 bridgehead atoms. The highest BCUT2D eigenvalue weighted by Gasteiger charge is 2.39. The summed E-state index contributed by atoms with van der Waals surface area (Å²) in [4.78, 5) is 51.0. The van der Waals surface area contributed by atoms with Gasteiger partial charge in [-0.2, -0.15) is 24.4 Å². The molecule has 4 atom stereocenters. The molecule has 0 spiro atoms. The van der Waals surface area contributed by atoms with E-state index in [0.717, 1.165) is 25.8 Å². The fourth-order valence-electron chi connectivity index (χ4n) is 3.63. The zero-order valence-corrected chi connectivity index (χ0v) is 18.3. The highest BCUT2D eigenvalue weighted by molar-refractivity contribution is 7.98. The van der Waals surface area contributed by atoms with Crippen molar-refractivity contribution in [3.05, 3.63) is 0 Å². The minimum absolute atomic E-state index is 0.0520. The van der Waals surface area contributed by atoms with Crippen LogP contribution in [-0.4, -0.2) is 88.7 Å². The molecule has 2 aliphatic heterocycles. The summed E-state index contributed by atoms with van der Waals surface area (Å²) in [5.41, 5.74) is 0. The highest BCUT2D eigenvalue weighted by atomic mass is 32.2. The smallest absolute Gasteiger partial charge is 0.327 e. The first-order valence-corrected chi connectivity index (χ1v) is 11.9. The summed E-state index contributed by atoms with van der Waals surface area (Å²) in [6.07, 6.45) is 5.24. The van der Waals surface area contributed by atoms with Gasteiger partial charge in [-0.05, 0) is 50.7 Å². The monoisotopic (exact) mass is 446 g/mol. The Hall–Kier alpha value is -1.46. The maximum absolute atomic E-state index is 12.9. The van der Waals surface area contributed by atoms with Gasteiger partial charge in [0.15, 0.2) is 0 Å². The SMILES string of the molecule is CSCCC(NC(=O)C1CCCN1C(=O)C1CCCN1)C(=O)NC(CS)C(=O)O. The van der Waals surface area contributed by atoms with Gasteiger partial charge in [0.25, 0.3) is 0 Å². The third kappa shape index (κ3) is 6.51. The lowest BCUT2D eigenvalue weighted by atomic mass is 10.1. The average molecular weight is 447 g/mol. The fraction of sp³-hybridized carbons (Fsp3) is 0.778. The molecule has 2 saturated heterocycles. The fourth-order valence-corrected chi connectivity index (χ4v) is 4.35. The number of carboxylic acids is 1. The Labute approximate surface area is 180 Å². The van der Waals surface area contributed by atoms with Crippen molar-refractivity contribution in [2.45, 2.75) is 56.3 Å². The zero-order chi connectivity index (χ0) is 21.4. The Morgan fingerprint density at radius 3 is 2.55 bits per heavy atom. The van der Waals surface area contributed by atoms with Crippen LogP contribution in [-0.2, 0) is 19.2 Å². The van der Waals surface area contributed by atoms with Crippen LogP contribution in [0.15, 0.2) is 0 Å². The van der Waals surface area contributed by atoms with Crippen LogP contribution in [0.5, 0.6) is 0 Å². The van der Waals surface area contributed by atoms with Gasteiger partial charge < -0.3 is 26.0 Å². The van der Waals surface area contributed by atoms with Crippen LogP contribution in [0.1, 0.15) is 32.1 Å². The lowest BCUT2D eigenvalue weighted by Crippen LogP contribution is -2.56. The number of thiol groups is 1. The van der Waals surface area contributed by atoms with E-state index in [0.29, 0.717) is 25.1 Å². The molecule has 0 aromatic carbocycles. The number of carbonyl (C=O) groups excluding carboxylic acids is 3. The molecule has 2 aliphatic rings. The number of nitrogens with zero attached hydrogens (tertiary/aromatic N) is 1. The van der Waals surface area contributed by atoms with E-state index >= 15 is 0 Å². The Kier molecular flexibility index (Phi) is 9.57. The maximum Gasteiger partial charge on any atom is 0.327 e. The number of thioether (sulfide) groups is 1. The second-order valence-electron chi connectivity index (χ2n) is 7.26. The van der Waals surface area contributed by atoms with Gasteiger partial charge in [-0.3, -0.25) is 14.4 Å². The molecular formula is C18H30N4O5S2. The molecule has 4 N–H and O–H groups in total. The summed E-state index contributed by atoms with van der Waals surface area (Å²) in [5.74, 6) is -1.60. The third-order valence-corrected chi connectivity index (χ3v) is 6.25. The summed E-state index contributed by atoms with van der Waals surface area (Å²) >= 11 is 5.47. The molecule has 2 fully saturated rings. The predicted octanol–water partition coefficient (Wildman–Crippen LogP) is -0.533. The van der Waals surface area contributed by atoms with Crippen LogP contribution in [0.25, 0.3) is 0 Å². The summed E-state index contributed by atoms with van der Waals surface area (Å²) in [7, 11) is 0. The molecule has 164 valence electrons. The van der Waals surface area contributed by atoms with Crippen molar-refractivity contribution in [1.82, 2.24) is 20.9 Å². The van der Waals surface area contributed by atoms with E-state index in [1.54, 1.807) is 4.90 Å². The highest BCUT2D eigenvalue weighted by Crippen LogP contribution is 2.21. The molecule has 0 radical (unpaired) electrons. The predicted molar refractivity (Wildman–Crippen MR) is 114 cm³/mol. The van der Waals surface area contributed by atoms with Crippen molar-refractivity contribution < 1.29 is 24.3 Å². The largest absolute Gasteiger partial charge is 0.480 e. The molecule has 0 saturated carbocycles. The van der Waals surface area contributed by atoms with Crippen molar-refractivity contribution in [3.63, 3.8) is 0 Å². The first-order chi connectivity index (χ1) is 13.9. The summed E-state index contributed by atoms with van der Waals surface area (Å²) in [5, 5.41) is 17.5. The summed E-state index contributed by atoms with van der Waals surface area (Å²) < 4.78 is 0. The minimum Gasteiger partial charge on any atom is -0.480 e. The Morgan fingerprint density at radius 1 is 1.21 bits per heavy atom. The minimum atomic E-state index is -1.18. The number of carboxylic acid groups (broad SMARTS) is 1. The number of rotatable bonds is 10. The van der Waals surface area contributed by atoms with Gasteiger partial charge in [0.05, 0.1) is 6.04 Å². The summed E-state index contributed by atoms with van der Waals surface area (Å²) in [6.45, 7) is 1.32. The van der Waals surface area contributed by atoms with Gasteiger partial charge in [-0.15, -0.1) is 0 Å². The van der Waals surface area contributed by atoms with Gasteiger partial charge >= 0.3 is 5.97 Å². The molecular weight excluding hydrogens is 416 g/mol. The van der Waals surface area contributed by atoms with E-state index in [-0.39, 0.29) is 23.6 Å². The van der Waals surface area contributed by atoms with Gasteiger partial charge in [-0.1, -0.05) is 0 Å². The van der Waals surface area contributed by atoms with Crippen molar-refractivity contribution in [1.29, 1.82) is 0 Å². The van der Waals surface area contributed by atoms with Crippen molar-refractivity contribution in [2.75, 3.05) is 30.9 Å². The molecule has 2 heterocycles. The van der Waals surface area contributed by atoms with Crippen molar-refractivity contribution >= 4 is 48.1 Å². The Balaban J connectivity index is 2.02. The van der Waals surface area contributed by atoms with E-state index in [1.165, 1.54) is 11.8 Å². The van der Waals surface area contributed by atoms with E-state index in [4.69, 9.17) is 5.11 Å². The molecule has 4 unspecified atom stereocenters. The number of aliphatic carboxylic acids is 1. The van der Waals surface area contributed by atoms with Gasteiger partial charge in [-0.25, -0.2) is 4.79 Å². The first kappa shape index (κ1) is 23.8. The van der Waals surface area contributed by atoms with Crippen molar-refractivity contribution in [2.24, 2.45) is 0 Å². The number of hydrogen-bond donors (Lipinski definition) is 5. The zero-order valence-electron chi connectivity index (χ0n) is 16.6. The molecule has 0 aromatic heterocycles. The van der Waals surface area contributed by atoms with E-state index < -0.39 is 30.0 Å². The van der Waals surface area contributed by atoms with Gasteiger partial charge in [0, 0.05) is 12.3 Å². The summed E-state index contributed by atoms with van der Waals surface area (Å²) in [6, 6.07) is -2.84. The van der Waals surface area contributed by atoms with Crippen LogP contribution >= 0.6 is 24.4 Å². The van der Waals surface area contributed by atoms with E-state index in [1.807, 2.05) is 6.26 Å². The van der Waals surface area contributed by atoms with Crippen LogP contribution < -0.4 is 16.0 Å². The molecule has 3 amide bonds. The second-order valence-corrected chi connectivity index (χ2v) is 8.61. The first-order valence-electron chi connectivity index (χ1n) is 9.86. The molecule has 2 rings (SSSR count). The van der Waals surface area contributed by atoms with Crippen LogP contribution in [0.3, 0.4) is 0 Å². The Morgan fingerprint density at radius 2 is 1.97 bits per heavy atom. The number of amides is 3. The molecule has 0 aliphatic carbocycles. The molecule has 11 heteroatoms. The molecule has 29 heavy (non-hydrogen) atoms. The van der Waals surface area contributed by atoms with Crippen LogP contribution in [0.2, 0.25) is 0 Å². The van der Waals surface area contributed by atoms with Gasteiger partial charge in [0.2, 0.25) is 17.7 Å². The third-order valence-electron chi connectivity index (χ3n) is 5.24. The number of hydrogen-bond acceptors (Lipinski definition) is 7. The number of nitrogens with one attached hydrogen (secondary N) is 3. The number of likely N-dealkylation sites (tertiary alicyclic amines) is 1. The lowest BCUT2D eigenvalue weighted by molar-refractivity contribution is -0.142. The lowest BCUT2D eigenvalue weighted by Gasteiger charge is -2.28. The van der Waals surface area contributed by atoms with Gasteiger partial charge in [0.1, 0.15) is 18.1 Å². The topological polar surface area (TPSA) is 128 Å². The van der Waals surface area contributed by atoms with E-state index in [2.05, 4.69) is 28.6 Å². The van der Waals surface area contributed by atoms with Crippen LogP contribution in [0, 0.1) is 0 Å². The second kappa shape index (κ2) is 11.7. The van der Waals surface area contributed by atoms with Crippen molar-refractivity contribution in [3.8, 4) is 0 Å².